The van der Waals surface area contributed by atoms with Gasteiger partial charge in [0.05, 0.1) is 25.4 Å². The van der Waals surface area contributed by atoms with Crippen LogP contribution in [-0.4, -0.2) is 21.0 Å². The number of non-ortho nitro benzene ring substituents is 1. The second-order valence-corrected chi connectivity index (χ2v) is 5.57. The van der Waals surface area contributed by atoms with Gasteiger partial charge < -0.3 is 5.11 Å². The summed E-state index contributed by atoms with van der Waals surface area (Å²) in [5.41, 5.74) is -0.248. The molecule has 108 valence electrons. The van der Waals surface area contributed by atoms with Crippen LogP contribution in [0.1, 0.15) is 10.4 Å². The third-order valence-corrected chi connectivity index (χ3v) is 4.38. The van der Waals surface area contributed by atoms with Crippen LogP contribution in [0.25, 0.3) is 0 Å². The van der Waals surface area contributed by atoms with E-state index < -0.39 is 10.9 Å². The van der Waals surface area contributed by atoms with Gasteiger partial charge in [0.2, 0.25) is 0 Å². The standard InChI is InChI=1S/C12H6Cl2N2O4S/c13-8-4-6(16(19)20)5-9(14)10(8)21-11-7(12(17)18)2-1-3-15-11/h1-5H,(H,17,18). The zero-order valence-corrected chi connectivity index (χ0v) is 12.4. The highest BCUT2D eigenvalue weighted by molar-refractivity contribution is 7.99. The first-order valence-electron chi connectivity index (χ1n) is 5.39. The van der Waals surface area contributed by atoms with Crippen molar-refractivity contribution >= 4 is 46.6 Å². The highest BCUT2D eigenvalue weighted by Gasteiger charge is 2.19. The Balaban J connectivity index is 2.46. The predicted octanol–water partition coefficient (Wildman–Crippen LogP) is 4.15. The normalized spacial score (nSPS) is 10.4. The summed E-state index contributed by atoms with van der Waals surface area (Å²) < 4.78 is 0. The quantitative estimate of drug-likeness (QED) is 0.661. The zero-order valence-electron chi connectivity index (χ0n) is 10.1. The van der Waals surface area contributed by atoms with Gasteiger partial charge in [-0.3, -0.25) is 10.1 Å². The Morgan fingerprint density at radius 3 is 2.48 bits per heavy atom. The maximum absolute atomic E-state index is 11.1. The van der Waals surface area contributed by atoms with Crippen molar-refractivity contribution in [3.05, 3.63) is 56.2 Å². The number of aromatic nitrogens is 1. The molecule has 0 radical (unpaired) electrons. The molecule has 0 saturated carbocycles. The van der Waals surface area contributed by atoms with Crippen molar-refractivity contribution in [1.82, 2.24) is 4.98 Å². The van der Waals surface area contributed by atoms with Crippen LogP contribution in [0.3, 0.4) is 0 Å². The molecular weight excluding hydrogens is 339 g/mol. The van der Waals surface area contributed by atoms with Gasteiger partial charge in [-0.1, -0.05) is 35.0 Å². The van der Waals surface area contributed by atoms with Crippen molar-refractivity contribution in [3.63, 3.8) is 0 Å². The summed E-state index contributed by atoms with van der Waals surface area (Å²) in [6, 6.07) is 5.19. The van der Waals surface area contributed by atoms with Crippen molar-refractivity contribution in [1.29, 1.82) is 0 Å². The number of nitrogens with zero attached hydrogens (tertiary/aromatic N) is 2. The number of aromatic carboxylic acids is 1. The second-order valence-electron chi connectivity index (χ2n) is 3.76. The van der Waals surface area contributed by atoms with E-state index in [1.54, 1.807) is 0 Å². The third-order valence-electron chi connectivity index (χ3n) is 2.39. The van der Waals surface area contributed by atoms with Gasteiger partial charge >= 0.3 is 5.97 Å². The molecule has 0 bridgehead atoms. The van der Waals surface area contributed by atoms with Crippen LogP contribution in [0.5, 0.6) is 0 Å². The number of nitro groups is 1. The molecule has 2 aromatic rings. The molecule has 2 rings (SSSR count). The lowest BCUT2D eigenvalue weighted by atomic mass is 10.3. The Labute approximate surface area is 132 Å². The summed E-state index contributed by atoms with van der Waals surface area (Å²) in [4.78, 5) is 25.5. The first-order chi connectivity index (χ1) is 9.90. The molecule has 9 heteroatoms. The second kappa shape index (κ2) is 6.30. The number of halogens is 2. The summed E-state index contributed by atoms with van der Waals surface area (Å²) in [5, 5.41) is 20.1. The number of carboxylic acid groups (broad SMARTS) is 1. The van der Waals surface area contributed by atoms with E-state index in [-0.39, 0.29) is 26.3 Å². The van der Waals surface area contributed by atoms with E-state index in [4.69, 9.17) is 28.3 Å². The van der Waals surface area contributed by atoms with Crippen LogP contribution in [0, 0.1) is 10.1 Å². The lowest BCUT2D eigenvalue weighted by Gasteiger charge is -2.08. The molecule has 0 aliphatic carbocycles. The fourth-order valence-electron chi connectivity index (χ4n) is 1.48. The van der Waals surface area contributed by atoms with Gasteiger partial charge in [-0.2, -0.15) is 0 Å². The number of nitro benzene ring substituents is 1. The molecule has 0 unspecified atom stereocenters. The lowest BCUT2D eigenvalue weighted by molar-refractivity contribution is -0.384. The average molecular weight is 345 g/mol. The monoisotopic (exact) mass is 344 g/mol. The maximum Gasteiger partial charge on any atom is 0.338 e. The molecule has 0 amide bonds. The van der Waals surface area contributed by atoms with Crippen LogP contribution in [0.2, 0.25) is 10.0 Å². The molecule has 0 aliphatic heterocycles. The molecule has 0 atom stereocenters. The average Bonchev–Trinajstić information content (AvgIpc) is 2.42. The van der Waals surface area contributed by atoms with E-state index in [9.17, 15) is 14.9 Å². The Kier molecular flexibility index (Phi) is 4.66. The van der Waals surface area contributed by atoms with Gasteiger partial charge in [0.25, 0.3) is 5.69 Å². The van der Waals surface area contributed by atoms with Gasteiger partial charge in [-0.15, -0.1) is 0 Å². The SMILES string of the molecule is O=C(O)c1cccnc1Sc1c(Cl)cc([N+](=O)[O-])cc1Cl. The molecule has 0 saturated heterocycles. The Bertz CT molecular complexity index is 716. The molecule has 1 N–H and O–H groups in total. The number of pyridine rings is 1. The van der Waals surface area contributed by atoms with Crippen LogP contribution in [-0.2, 0) is 0 Å². The van der Waals surface area contributed by atoms with E-state index >= 15 is 0 Å². The van der Waals surface area contributed by atoms with Gasteiger partial charge in [0, 0.05) is 18.3 Å². The van der Waals surface area contributed by atoms with Crippen molar-refractivity contribution in [2.75, 3.05) is 0 Å². The molecule has 0 fully saturated rings. The number of hydrogen-bond donors (Lipinski definition) is 1. The zero-order chi connectivity index (χ0) is 15.6. The molecule has 0 spiro atoms. The third kappa shape index (κ3) is 3.44. The van der Waals surface area contributed by atoms with E-state index in [2.05, 4.69) is 4.98 Å². The molecule has 1 heterocycles. The minimum Gasteiger partial charge on any atom is -0.478 e. The van der Waals surface area contributed by atoms with E-state index in [1.807, 2.05) is 0 Å². The Morgan fingerprint density at radius 1 is 1.33 bits per heavy atom. The maximum atomic E-state index is 11.1. The highest BCUT2D eigenvalue weighted by atomic mass is 35.5. The fraction of sp³-hybridized carbons (Fsp3) is 0. The fourth-order valence-corrected chi connectivity index (χ4v) is 3.07. The highest BCUT2D eigenvalue weighted by Crippen LogP contribution is 2.41. The molecule has 21 heavy (non-hydrogen) atoms. The summed E-state index contributed by atoms with van der Waals surface area (Å²) >= 11 is 12.9. The number of carboxylic acids is 1. The summed E-state index contributed by atoms with van der Waals surface area (Å²) in [6.07, 6.45) is 1.43. The molecule has 1 aromatic heterocycles. The summed E-state index contributed by atoms with van der Waals surface area (Å²) in [5.74, 6) is -1.14. The van der Waals surface area contributed by atoms with Crippen LogP contribution >= 0.6 is 35.0 Å². The largest absolute Gasteiger partial charge is 0.478 e. The van der Waals surface area contributed by atoms with Crippen LogP contribution in [0.15, 0.2) is 40.4 Å². The van der Waals surface area contributed by atoms with E-state index in [0.29, 0.717) is 4.90 Å². The molecule has 6 nitrogen and oxygen atoms in total. The van der Waals surface area contributed by atoms with E-state index in [0.717, 1.165) is 23.9 Å². The molecule has 1 aromatic carbocycles. The topological polar surface area (TPSA) is 93.3 Å². The molecule has 0 aliphatic rings. The van der Waals surface area contributed by atoms with Gasteiger partial charge in [-0.05, 0) is 12.1 Å². The first-order valence-corrected chi connectivity index (χ1v) is 6.97. The van der Waals surface area contributed by atoms with Gasteiger partial charge in [-0.25, -0.2) is 9.78 Å². The van der Waals surface area contributed by atoms with E-state index in [1.165, 1.54) is 18.3 Å². The summed E-state index contributed by atoms with van der Waals surface area (Å²) in [7, 11) is 0. The van der Waals surface area contributed by atoms with Gasteiger partial charge in [0.15, 0.2) is 0 Å². The van der Waals surface area contributed by atoms with Crippen molar-refractivity contribution in [3.8, 4) is 0 Å². The number of benzene rings is 1. The lowest BCUT2D eigenvalue weighted by Crippen LogP contribution is -2.00. The predicted molar refractivity (Wildman–Crippen MR) is 78.4 cm³/mol. The summed E-state index contributed by atoms with van der Waals surface area (Å²) in [6.45, 7) is 0. The Hall–Kier alpha value is -1.83. The van der Waals surface area contributed by atoms with Crippen LogP contribution < -0.4 is 0 Å². The minimum absolute atomic E-state index is 0.00649. The first kappa shape index (κ1) is 15.6. The Morgan fingerprint density at radius 2 is 1.95 bits per heavy atom. The number of hydrogen-bond acceptors (Lipinski definition) is 5. The number of rotatable bonds is 4. The smallest absolute Gasteiger partial charge is 0.338 e. The van der Waals surface area contributed by atoms with Crippen molar-refractivity contribution < 1.29 is 14.8 Å². The van der Waals surface area contributed by atoms with Crippen molar-refractivity contribution in [2.45, 2.75) is 9.92 Å². The molecular formula is C12H6Cl2N2O4S. The van der Waals surface area contributed by atoms with Gasteiger partial charge in [0.1, 0.15) is 5.03 Å². The number of carbonyl (C=O) groups is 1. The van der Waals surface area contributed by atoms with Crippen LogP contribution in [0.4, 0.5) is 5.69 Å². The van der Waals surface area contributed by atoms with Crippen molar-refractivity contribution in [2.24, 2.45) is 0 Å². The minimum atomic E-state index is -1.14.